The molecule has 3 atom stereocenters. The number of halogens is 2. The van der Waals surface area contributed by atoms with Crippen LogP contribution in [0.1, 0.15) is 38.8 Å². The molecule has 2 fully saturated rings. The molecule has 0 saturated carbocycles. The normalized spacial score (nSPS) is 23.3. The second-order valence-electron chi connectivity index (χ2n) is 11.4. The number of nitrogens with zero attached hydrogens (tertiary/aromatic N) is 3. The standard InChI is InChI=1S/C31H35ClFN3O5/c1-31(2,3)41-29(37)35-17-15-34(16-18-35)20-27-28(21-5-4-6-23(33)19-21)36(30(38)40-27)24-9-13-26(14-10-24)39-25-11-7-22(32)8-12-25/h4-9,11-14,19,24,27-28H,10,15-18,20H2,1-3H3/t24?,27-,28-/m0/s1. The molecule has 10 heteroatoms. The third kappa shape index (κ3) is 7.21. The molecule has 2 aromatic rings. The first-order valence-electron chi connectivity index (χ1n) is 13.8. The van der Waals surface area contributed by atoms with E-state index in [1.165, 1.54) is 12.1 Å². The zero-order valence-corrected chi connectivity index (χ0v) is 24.2. The highest BCUT2D eigenvalue weighted by molar-refractivity contribution is 6.30. The number of amides is 2. The Labute approximate surface area is 244 Å². The number of rotatable bonds is 6. The van der Waals surface area contributed by atoms with Gasteiger partial charge < -0.3 is 19.1 Å². The second-order valence-corrected chi connectivity index (χ2v) is 11.9. The van der Waals surface area contributed by atoms with Gasteiger partial charge in [0, 0.05) is 37.7 Å². The van der Waals surface area contributed by atoms with Crippen molar-refractivity contribution < 1.29 is 28.2 Å². The number of cyclic esters (lactones) is 1. The molecule has 2 saturated heterocycles. The van der Waals surface area contributed by atoms with Gasteiger partial charge in [-0.15, -0.1) is 0 Å². The number of ether oxygens (including phenoxy) is 3. The summed E-state index contributed by atoms with van der Waals surface area (Å²) in [7, 11) is 0. The van der Waals surface area contributed by atoms with E-state index in [1.54, 1.807) is 40.1 Å². The Hall–Kier alpha value is -3.56. The topological polar surface area (TPSA) is 71.6 Å². The maximum Gasteiger partial charge on any atom is 0.411 e. The molecule has 8 nitrogen and oxygen atoms in total. The van der Waals surface area contributed by atoms with Crippen LogP contribution in [-0.4, -0.2) is 77.4 Å². The van der Waals surface area contributed by atoms with Crippen LogP contribution in [0.25, 0.3) is 0 Å². The lowest BCUT2D eigenvalue weighted by Crippen LogP contribution is -2.52. The van der Waals surface area contributed by atoms with Gasteiger partial charge in [-0.3, -0.25) is 9.80 Å². The first-order chi connectivity index (χ1) is 19.6. The molecule has 2 aromatic carbocycles. The molecular formula is C31H35ClFN3O5. The molecule has 3 aliphatic rings. The smallest absolute Gasteiger partial charge is 0.411 e. The fraction of sp³-hybridized carbons (Fsp3) is 0.419. The van der Waals surface area contributed by atoms with E-state index in [1.807, 2.05) is 45.1 Å². The molecule has 2 amide bonds. The number of piperazine rings is 1. The molecule has 5 rings (SSSR count). The van der Waals surface area contributed by atoms with E-state index in [0.717, 1.165) is 0 Å². The summed E-state index contributed by atoms with van der Waals surface area (Å²) in [4.78, 5) is 31.3. The predicted octanol–water partition coefficient (Wildman–Crippen LogP) is 6.19. The van der Waals surface area contributed by atoms with Crippen molar-refractivity contribution in [1.29, 1.82) is 0 Å². The molecule has 218 valence electrons. The van der Waals surface area contributed by atoms with Crippen LogP contribution in [0.4, 0.5) is 14.0 Å². The van der Waals surface area contributed by atoms with Crippen molar-refractivity contribution in [2.75, 3.05) is 32.7 Å². The van der Waals surface area contributed by atoms with Crippen molar-refractivity contribution in [3.05, 3.63) is 88.9 Å². The predicted molar refractivity (Wildman–Crippen MR) is 153 cm³/mol. The Kier molecular flexibility index (Phi) is 8.56. The lowest BCUT2D eigenvalue weighted by Gasteiger charge is -2.37. The lowest BCUT2D eigenvalue weighted by molar-refractivity contribution is 0.0100. The van der Waals surface area contributed by atoms with Crippen molar-refractivity contribution >= 4 is 23.8 Å². The Balaban J connectivity index is 1.27. The van der Waals surface area contributed by atoms with Gasteiger partial charge >= 0.3 is 12.2 Å². The molecule has 0 N–H and O–H groups in total. The van der Waals surface area contributed by atoms with Gasteiger partial charge in [-0.2, -0.15) is 0 Å². The fourth-order valence-electron chi connectivity index (χ4n) is 5.30. The van der Waals surface area contributed by atoms with Gasteiger partial charge in [-0.25, -0.2) is 14.0 Å². The summed E-state index contributed by atoms with van der Waals surface area (Å²) in [6, 6.07) is 12.7. The van der Waals surface area contributed by atoms with Crippen LogP contribution in [0.3, 0.4) is 0 Å². The average Bonchev–Trinajstić information content (AvgIpc) is 3.25. The maximum atomic E-state index is 14.3. The first kappa shape index (κ1) is 29.0. The molecule has 1 aliphatic carbocycles. The van der Waals surface area contributed by atoms with Crippen molar-refractivity contribution in [3.63, 3.8) is 0 Å². The van der Waals surface area contributed by atoms with Crippen molar-refractivity contribution in [3.8, 4) is 5.75 Å². The van der Waals surface area contributed by atoms with Crippen LogP contribution in [0.2, 0.25) is 5.02 Å². The Morgan fingerprint density at radius 3 is 2.46 bits per heavy atom. The Bertz CT molecular complexity index is 1320. The van der Waals surface area contributed by atoms with Crippen LogP contribution in [0.5, 0.6) is 5.75 Å². The summed E-state index contributed by atoms with van der Waals surface area (Å²) >= 11 is 5.97. The van der Waals surface area contributed by atoms with Crippen LogP contribution in [0.15, 0.2) is 72.5 Å². The van der Waals surface area contributed by atoms with Gasteiger partial charge in [0.15, 0.2) is 0 Å². The van der Waals surface area contributed by atoms with Gasteiger partial charge in [0.05, 0.1) is 12.1 Å². The molecule has 0 bridgehead atoms. The van der Waals surface area contributed by atoms with E-state index in [9.17, 15) is 14.0 Å². The Morgan fingerprint density at radius 1 is 1.10 bits per heavy atom. The quantitative estimate of drug-likeness (QED) is 0.404. The molecule has 0 spiro atoms. The SMILES string of the molecule is CC(C)(C)OC(=O)N1CCN(C[C@@H]2OC(=O)N(C3C=CC(Oc4ccc(Cl)cc4)=CC3)[C@H]2c2cccc(F)c2)CC1. The highest BCUT2D eigenvalue weighted by Crippen LogP contribution is 2.38. The number of hydrogen-bond acceptors (Lipinski definition) is 6. The van der Waals surface area contributed by atoms with Crippen LogP contribution in [0, 0.1) is 5.82 Å². The molecule has 2 heterocycles. The fourth-order valence-corrected chi connectivity index (χ4v) is 5.42. The lowest BCUT2D eigenvalue weighted by atomic mass is 9.96. The number of hydrogen-bond donors (Lipinski definition) is 0. The first-order valence-corrected chi connectivity index (χ1v) is 14.2. The zero-order chi connectivity index (χ0) is 29.1. The minimum absolute atomic E-state index is 0.289. The maximum absolute atomic E-state index is 14.3. The zero-order valence-electron chi connectivity index (χ0n) is 23.5. The van der Waals surface area contributed by atoms with E-state index in [0.29, 0.717) is 61.2 Å². The number of allylic oxidation sites excluding steroid dienone is 1. The Morgan fingerprint density at radius 2 is 1.83 bits per heavy atom. The number of benzene rings is 2. The van der Waals surface area contributed by atoms with Crippen LogP contribution >= 0.6 is 11.6 Å². The van der Waals surface area contributed by atoms with Gasteiger partial charge in [0.2, 0.25) is 0 Å². The summed E-state index contributed by atoms with van der Waals surface area (Å²) in [5.74, 6) is 0.955. The highest BCUT2D eigenvalue weighted by atomic mass is 35.5. The highest BCUT2D eigenvalue weighted by Gasteiger charge is 2.46. The van der Waals surface area contributed by atoms with Crippen LogP contribution in [-0.2, 0) is 9.47 Å². The monoisotopic (exact) mass is 583 g/mol. The van der Waals surface area contributed by atoms with Crippen molar-refractivity contribution in [1.82, 2.24) is 14.7 Å². The van der Waals surface area contributed by atoms with E-state index in [-0.39, 0.29) is 18.0 Å². The summed E-state index contributed by atoms with van der Waals surface area (Å²) in [5.41, 5.74) is 0.119. The van der Waals surface area contributed by atoms with Crippen molar-refractivity contribution in [2.45, 2.75) is 51.0 Å². The van der Waals surface area contributed by atoms with Crippen LogP contribution < -0.4 is 4.74 Å². The van der Waals surface area contributed by atoms with Gasteiger partial charge in [-0.1, -0.05) is 29.8 Å². The summed E-state index contributed by atoms with van der Waals surface area (Å²) < 4.78 is 31.7. The third-order valence-corrected chi connectivity index (χ3v) is 7.47. The second kappa shape index (κ2) is 12.1. The van der Waals surface area contributed by atoms with Gasteiger partial charge in [0.1, 0.15) is 29.0 Å². The molecular weight excluding hydrogens is 549 g/mol. The number of carbonyl (C=O) groups excluding carboxylic acids is 2. The average molecular weight is 584 g/mol. The molecule has 41 heavy (non-hydrogen) atoms. The molecule has 0 aromatic heterocycles. The molecule has 1 unspecified atom stereocenters. The van der Waals surface area contributed by atoms with E-state index in [4.69, 9.17) is 25.8 Å². The molecule has 0 radical (unpaired) electrons. The summed E-state index contributed by atoms with van der Waals surface area (Å²) in [6.07, 6.45) is 4.91. The van der Waals surface area contributed by atoms with Gasteiger partial charge in [0.25, 0.3) is 0 Å². The minimum Gasteiger partial charge on any atom is -0.458 e. The third-order valence-electron chi connectivity index (χ3n) is 7.22. The van der Waals surface area contributed by atoms with E-state index in [2.05, 4.69) is 4.90 Å². The van der Waals surface area contributed by atoms with Crippen molar-refractivity contribution in [2.24, 2.45) is 0 Å². The molecule has 2 aliphatic heterocycles. The largest absolute Gasteiger partial charge is 0.458 e. The summed E-state index contributed by atoms with van der Waals surface area (Å²) in [5, 5.41) is 0.626. The summed E-state index contributed by atoms with van der Waals surface area (Å²) in [6.45, 7) is 8.24. The van der Waals surface area contributed by atoms with Gasteiger partial charge in [-0.05, 0) is 81.3 Å². The minimum atomic E-state index is -0.556. The number of carbonyl (C=O) groups is 2. The van der Waals surface area contributed by atoms with E-state index < -0.39 is 23.8 Å². The van der Waals surface area contributed by atoms with E-state index >= 15 is 0 Å².